The van der Waals surface area contributed by atoms with Gasteiger partial charge in [0.25, 0.3) is 0 Å². The fraction of sp³-hybridized carbons (Fsp3) is 0.714. The lowest BCUT2D eigenvalue weighted by atomic mass is 10.0. The van der Waals surface area contributed by atoms with Crippen LogP contribution in [0.3, 0.4) is 0 Å². The SMILES string of the molecule is O=C(C[C@@H]1CCCO1)N1CCCC[C@@H]1c1nccs1. The smallest absolute Gasteiger partial charge is 0.225 e. The second-order valence-corrected chi connectivity index (χ2v) is 6.23. The van der Waals surface area contributed by atoms with Crippen LogP contribution in [0.5, 0.6) is 0 Å². The highest BCUT2D eigenvalue weighted by Crippen LogP contribution is 2.33. The minimum atomic E-state index is 0.145. The third-order valence-electron chi connectivity index (χ3n) is 3.99. The molecule has 2 saturated heterocycles. The summed E-state index contributed by atoms with van der Waals surface area (Å²) in [5.41, 5.74) is 0. The van der Waals surface area contributed by atoms with Gasteiger partial charge in [-0.2, -0.15) is 0 Å². The number of aromatic nitrogens is 1. The monoisotopic (exact) mass is 280 g/mol. The largest absolute Gasteiger partial charge is 0.378 e. The van der Waals surface area contributed by atoms with Crippen LogP contribution in [-0.4, -0.2) is 35.0 Å². The van der Waals surface area contributed by atoms with Gasteiger partial charge in [0.05, 0.1) is 18.6 Å². The zero-order valence-corrected chi connectivity index (χ0v) is 11.9. The third kappa shape index (κ3) is 2.98. The van der Waals surface area contributed by atoms with Crippen LogP contribution in [0.2, 0.25) is 0 Å². The van der Waals surface area contributed by atoms with Gasteiger partial charge in [-0.05, 0) is 32.1 Å². The molecular weight excluding hydrogens is 260 g/mol. The maximum Gasteiger partial charge on any atom is 0.225 e. The molecule has 3 heterocycles. The van der Waals surface area contributed by atoms with Crippen LogP contribution in [0, 0.1) is 0 Å². The van der Waals surface area contributed by atoms with Gasteiger partial charge < -0.3 is 9.64 Å². The quantitative estimate of drug-likeness (QED) is 0.855. The van der Waals surface area contributed by atoms with E-state index < -0.39 is 0 Å². The summed E-state index contributed by atoms with van der Waals surface area (Å²) in [6.45, 7) is 1.68. The van der Waals surface area contributed by atoms with E-state index in [1.165, 1.54) is 6.42 Å². The molecule has 0 aromatic carbocycles. The van der Waals surface area contributed by atoms with E-state index in [9.17, 15) is 4.79 Å². The van der Waals surface area contributed by atoms with Crippen molar-refractivity contribution in [3.8, 4) is 0 Å². The number of thiazole rings is 1. The van der Waals surface area contributed by atoms with Crippen molar-refractivity contribution in [2.45, 2.75) is 50.7 Å². The summed E-state index contributed by atoms with van der Waals surface area (Å²) in [5, 5.41) is 3.08. The second kappa shape index (κ2) is 6.01. The van der Waals surface area contributed by atoms with Crippen LogP contribution < -0.4 is 0 Å². The number of ether oxygens (including phenoxy) is 1. The molecule has 2 fully saturated rings. The van der Waals surface area contributed by atoms with Crippen molar-refractivity contribution >= 4 is 17.2 Å². The fourth-order valence-electron chi connectivity index (χ4n) is 3.00. The fourth-order valence-corrected chi connectivity index (χ4v) is 3.79. The van der Waals surface area contributed by atoms with E-state index in [1.807, 2.05) is 16.5 Å². The Morgan fingerprint density at radius 3 is 3.11 bits per heavy atom. The number of carbonyl (C=O) groups is 1. The van der Waals surface area contributed by atoms with Gasteiger partial charge in [0.15, 0.2) is 0 Å². The number of likely N-dealkylation sites (tertiary alicyclic amines) is 1. The van der Waals surface area contributed by atoms with E-state index in [0.29, 0.717) is 6.42 Å². The minimum absolute atomic E-state index is 0.145. The van der Waals surface area contributed by atoms with E-state index in [1.54, 1.807) is 11.3 Å². The minimum Gasteiger partial charge on any atom is -0.378 e. The van der Waals surface area contributed by atoms with Gasteiger partial charge in [-0.25, -0.2) is 4.98 Å². The first-order valence-electron chi connectivity index (χ1n) is 7.15. The molecule has 1 aromatic rings. The number of nitrogens with zero attached hydrogens (tertiary/aromatic N) is 2. The lowest BCUT2D eigenvalue weighted by molar-refractivity contribution is -0.137. The molecule has 0 aliphatic carbocycles. The molecule has 1 amide bonds. The highest BCUT2D eigenvalue weighted by atomic mass is 32.1. The van der Waals surface area contributed by atoms with Crippen molar-refractivity contribution < 1.29 is 9.53 Å². The van der Waals surface area contributed by atoms with Crippen LogP contribution in [0.15, 0.2) is 11.6 Å². The molecule has 4 nitrogen and oxygen atoms in total. The van der Waals surface area contributed by atoms with Gasteiger partial charge in [0.1, 0.15) is 5.01 Å². The first-order chi connectivity index (χ1) is 9.34. The summed E-state index contributed by atoms with van der Waals surface area (Å²) in [5.74, 6) is 0.242. The normalized spacial score (nSPS) is 27.7. The second-order valence-electron chi connectivity index (χ2n) is 5.31. The van der Waals surface area contributed by atoms with Gasteiger partial charge in [0, 0.05) is 24.7 Å². The Morgan fingerprint density at radius 1 is 1.42 bits per heavy atom. The van der Waals surface area contributed by atoms with Gasteiger partial charge >= 0.3 is 0 Å². The zero-order valence-electron chi connectivity index (χ0n) is 11.1. The Kier molecular flexibility index (Phi) is 4.13. The summed E-state index contributed by atoms with van der Waals surface area (Å²) in [4.78, 5) is 18.9. The number of piperidine rings is 1. The highest BCUT2D eigenvalue weighted by Gasteiger charge is 2.31. The predicted octanol–water partition coefficient (Wildman–Crippen LogP) is 2.77. The van der Waals surface area contributed by atoms with Crippen LogP contribution in [-0.2, 0) is 9.53 Å². The molecule has 0 spiro atoms. The van der Waals surface area contributed by atoms with Crippen LogP contribution in [0.25, 0.3) is 0 Å². The molecule has 19 heavy (non-hydrogen) atoms. The molecule has 104 valence electrons. The average molecular weight is 280 g/mol. The number of rotatable bonds is 3. The van der Waals surface area contributed by atoms with E-state index in [2.05, 4.69) is 4.98 Å². The van der Waals surface area contributed by atoms with Crippen LogP contribution >= 0.6 is 11.3 Å². The number of hydrogen-bond donors (Lipinski definition) is 0. The van der Waals surface area contributed by atoms with Crippen LogP contribution in [0.4, 0.5) is 0 Å². The Hall–Kier alpha value is -0.940. The van der Waals surface area contributed by atoms with Crippen LogP contribution in [0.1, 0.15) is 49.6 Å². The number of amides is 1. The lowest BCUT2D eigenvalue weighted by Crippen LogP contribution is -2.39. The summed E-state index contributed by atoms with van der Waals surface area (Å²) in [6, 6.07) is 0.197. The molecule has 2 aliphatic heterocycles. The molecule has 3 rings (SSSR count). The van der Waals surface area contributed by atoms with Gasteiger partial charge in [0.2, 0.25) is 5.91 Å². The molecule has 2 atom stereocenters. The summed E-state index contributed by atoms with van der Waals surface area (Å²) in [7, 11) is 0. The molecule has 0 radical (unpaired) electrons. The summed E-state index contributed by atoms with van der Waals surface area (Å²) in [6.07, 6.45) is 7.98. The van der Waals surface area contributed by atoms with Crippen molar-refractivity contribution in [3.05, 3.63) is 16.6 Å². The first-order valence-corrected chi connectivity index (χ1v) is 8.03. The maximum absolute atomic E-state index is 12.5. The first kappa shape index (κ1) is 13.1. The zero-order chi connectivity index (χ0) is 13.1. The summed E-state index contributed by atoms with van der Waals surface area (Å²) >= 11 is 1.66. The van der Waals surface area contributed by atoms with Gasteiger partial charge in [-0.3, -0.25) is 4.79 Å². The van der Waals surface area contributed by atoms with Crippen molar-refractivity contribution in [2.24, 2.45) is 0 Å². The van der Waals surface area contributed by atoms with E-state index in [4.69, 9.17) is 4.74 Å². The van der Waals surface area contributed by atoms with Crippen molar-refractivity contribution in [1.82, 2.24) is 9.88 Å². The molecular formula is C14H20N2O2S. The third-order valence-corrected chi connectivity index (χ3v) is 4.86. The number of carbonyl (C=O) groups excluding carboxylic acids is 1. The molecule has 0 bridgehead atoms. The molecule has 0 N–H and O–H groups in total. The van der Waals surface area contributed by atoms with Crippen molar-refractivity contribution in [1.29, 1.82) is 0 Å². The maximum atomic E-state index is 12.5. The molecule has 2 aliphatic rings. The van der Waals surface area contributed by atoms with E-state index in [0.717, 1.165) is 43.8 Å². The predicted molar refractivity (Wildman–Crippen MR) is 74.0 cm³/mol. The van der Waals surface area contributed by atoms with E-state index >= 15 is 0 Å². The Balaban J connectivity index is 1.67. The van der Waals surface area contributed by atoms with Crippen molar-refractivity contribution in [3.63, 3.8) is 0 Å². The van der Waals surface area contributed by atoms with Crippen molar-refractivity contribution in [2.75, 3.05) is 13.2 Å². The highest BCUT2D eigenvalue weighted by molar-refractivity contribution is 7.09. The average Bonchev–Trinajstić information content (AvgIpc) is 3.11. The molecule has 1 aromatic heterocycles. The van der Waals surface area contributed by atoms with Gasteiger partial charge in [-0.15, -0.1) is 11.3 Å². The Labute approximate surface area is 117 Å². The summed E-state index contributed by atoms with van der Waals surface area (Å²) < 4.78 is 5.58. The molecule has 0 saturated carbocycles. The molecule has 5 heteroatoms. The standard InChI is InChI=1S/C14H20N2O2S/c17-13(10-11-4-3-8-18-11)16-7-2-1-5-12(16)14-15-6-9-19-14/h6,9,11-12H,1-5,7-8,10H2/t11-,12+/m0/s1. The number of hydrogen-bond acceptors (Lipinski definition) is 4. The Bertz CT molecular complexity index is 415. The topological polar surface area (TPSA) is 42.4 Å². The Morgan fingerprint density at radius 2 is 2.37 bits per heavy atom. The van der Waals surface area contributed by atoms with E-state index in [-0.39, 0.29) is 18.1 Å². The lowest BCUT2D eigenvalue weighted by Gasteiger charge is -2.35. The molecule has 0 unspecified atom stereocenters. The van der Waals surface area contributed by atoms with Gasteiger partial charge in [-0.1, -0.05) is 0 Å².